The molecule has 3 aromatic carbocycles. The maximum Gasteiger partial charge on any atom is 0.261 e. The third kappa shape index (κ3) is 5.76. The van der Waals surface area contributed by atoms with Crippen LogP contribution in [0.1, 0.15) is 10.4 Å². The van der Waals surface area contributed by atoms with Crippen molar-refractivity contribution in [2.75, 3.05) is 30.4 Å². The number of anilines is 2. The highest BCUT2D eigenvalue weighted by atomic mass is 35.5. The molecule has 7 nitrogen and oxygen atoms in total. The normalized spacial score (nSPS) is 11.1. The van der Waals surface area contributed by atoms with E-state index in [0.29, 0.717) is 23.1 Å². The first kappa shape index (κ1) is 23.5. The molecule has 2 N–H and O–H groups in total. The lowest BCUT2D eigenvalue weighted by Crippen LogP contribution is -2.16. The Balaban J connectivity index is 1.75. The van der Waals surface area contributed by atoms with Crippen LogP contribution >= 0.6 is 11.6 Å². The largest absolute Gasteiger partial charge is 0.487 e. The van der Waals surface area contributed by atoms with Crippen molar-refractivity contribution >= 4 is 38.9 Å². The minimum absolute atomic E-state index is 0.122. The highest BCUT2D eigenvalue weighted by molar-refractivity contribution is 7.92. The van der Waals surface area contributed by atoms with Crippen LogP contribution in [0.3, 0.4) is 0 Å². The van der Waals surface area contributed by atoms with Gasteiger partial charge in [-0.3, -0.25) is 9.52 Å². The molecular formula is C22H20ClFN2O5S. The van der Waals surface area contributed by atoms with Crippen LogP contribution in [0, 0.1) is 5.82 Å². The summed E-state index contributed by atoms with van der Waals surface area (Å²) < 4.78 is 51.5. The van der Waals surface area contributed by atoms with E-state index in [9.17, 15) is 17.6 Å². The maximum atomic E-state index is 13.8. The molecule has 0 atom stereocenters. The Bertz CT molecular complexity index is 1200. The van der Waals surface area contributed by atoms with Gasteiger partial charge in [0.15, 0.2) is 5.75 Å². The smallest absolute Gasteiger partial charge is 0.261 e. The zero-order valence-corrected chi connectivity index (χ0v) is 18.5. The Hall–Kier alpha value is -3.14. The number of hydrogen-bond donors (Lipinski definition) is 2. The molecule has 1 amide bonds. The number of halogens is 2. The van der Waals surface area contributed by atoms with Crippen LogP contribution < -0.4 is 14.8 Å². The van der Waals surface area contributed by atoms with Gasteiger partial charge in [0.1, 0.15) is 12.4 Å². The van der Waals surface area contributed by atoms with E-state index in [2.05, 4.69) is 10.0 Å². The van der Waals surface area contributed by atoms with E-state index >= 15 is 0 Å². The number of carbonyl (C=O) groups excluding carboxylic acids is 1. The van der Waals surface area contributed by atoms with Gasteiger partial charge in [-0.1, -0.05) is 29.8 Å². The van der Waals surface area contributed by atoms with Crippen molar-refractivity contribution in [3.8, 4) is 5.75 Å². The molecule has 3 aromatic rings. The van der Waals surface area contributed by atoms with Crippen molar-refractivity contribution in [3.05, 3.63) is 83.1 Å². The predicted octanol–water partition coefficient (Wildman–Crippen LogP) is 4.56. The Morgan fingerprint density at radius 1 is 0.969 bits per heavy atom. The van der Waals surface area contributed by atoms with E-state index < -0.39 is 21.7 Å². The van der Waals surface area contributed by atoms with Crippen LogP contribution in [0.2, 0.25) is 5.02 Å². The summed E-state index contributed by atoms with van der Waals surface area (Å²) in [5.74, 6) is -0.889. The fourth-order valence-electron chi connectivity index (χ4n) is 2.71. The summed E-state index contributed by atoms with van der Waals surface area (Å²) in [6.07, 6.45) is 0. The van der Waals surface area contributed by atoms with Crippen LogP contribution in [0.15, 0.2) is 71.6 Å². The molecule has 0 spiro atoms. The quantitative estimate of drug-likeness (QED) is 0.440. The molecule has 10 heteroatoms. The van der Waals surface area contributed by atoms with Crippen LogP contribution in [0.25, 0.3) is 0 Å². The summed E-state index contributed by atoms with van der Waals surface area (Å²) in [5, 5.41) is 3.02. The highest BCUT2D eigenvalue weighted by Gasteiger charge is 2.18. The second kappa shape index (κ2) is 10.4. The molecule has 0 unspecified atom stereocenters. The van der Waals surface area contributed by atoms with Gasteiger partial charge < -0.3 is 14.8 Å². The Labute approximate surface area is 190 Å². The number of carbonyl (C=O) groups is 1. The van der Waals surface area contributed by atoms with Gasteiger partial charge in [0.25, 0.3) is 15.9 Å². The molecule has 0 radical (unpaired) electrons. The third-order valence-corrected chi connectivity index (χ3v) is 5.97. The lowest BCUT2D eigenvalue weighted by atomic mass is 10.2. The van der Waals surface area contributed by atoms with Gasteiger partial charge in [-0.25, -0.2) is 12.8 Å². The van der Waals surface area contributed by atoms with Crippen LogP contribution in [0.4, 0.5) is 15.8 Å². The molecule has 0 aromatic heterocycles. The topological polar surface area (TPSA) is 93.7 Å². The SMILES string of the molecule is COCCOc1c(Cl)cccc1NC(=O)c1ccc(S(=O)(=O)Nc2ccccc2F)cc1. The van der Waals surface area contributed by atoms with E-state index in [-0.39, 0.29) is 22.8 Å². The Kier molecular flexibility index (Phi) is 7.68. The van der Waals surface area contributed by atoms with Crippen molar-refractivity contribution < 1.29 is 27.1 Å². The number of methoxy groups -OCH3 is 1. The number of rotatable bonds is 9. The summed E-state index contributed by atoms with van der Waals surface area (Å²) in [4.78, 5) is 12.5. The number of sulfonamides is 1. The van der Waals surface area contributed by atoms with E-state index in [1.165, 1.54) is 49.6 Å². The second-order valence-corrected chi connectivity index (χ2v) is 8.61. The first-order chi connectivity index (χ1) is 15.3. The summed E-state index contributed by atoms with van der Waals surface area (Å²) in [6, 6.07) is 15.5. The molecule has 168 valence electrons. The fourth-order valence-corrected chi connectivity index (χ4v) is 4.01. The van der Waals surface area contributed by atoms with Crippen LogP contribution in [-0.4, -0.2) is 34.6 Å². The fraction of sp³-hybridized carbons (Fsp3) is 0.136. The van der Waals surface area contributed by atoms with Gasteiger partial charge in [0, 0.05) is 12.7 Å². The summed E-state index contributed by atoms with van der Waals surface area (Å²) in [5.41, 5.74) is 0.394. The average molecular weight is 479 g/mol. The van der Waals surface area contributed by atoms with Crippen molar-refractivity contribution in [3.63, 3.8) is 0 Å². The number of hydrogen-bond acceptors (Lipinski definition) is 5. The number of nitrogens with one attached hydrogen (secondary N) is 2. The molecule has 0 aliphatic carbocycles. The van der Waals surface area contributed by atoms with E-state index in [0.717, 1.165) is 6.07 Å². The third-order valence-electron chi connectivity index (χ3n) is 4.29. The molecule has 0 bridgehead atoms. The van der Waals surface area contributed by atoms with Gasteiger partial charge >= 0.3 is 0 Å². The molecular weight excluding hydrogens is 459 g/mol. The number of benzene rings is 3. The van der Waals surface area contributed by atoms with Crippen molar-refractivity contribution in [1.82, 2.24) is 0 Å². The van der Waals surface area contributed by atoms with Gasteiger partial charge in [0.05, 0.1) is 27.9 Å². The average Bonchev–Trinajstić information content (AvgIpc) is 2.77. The zero-order valence-electron chi connectivity index (χ0n) is 17.0. The van der Waals surface area contributed by atoms with Crippen LogP contribution in [0.5, 0.6) is 5.75 Å². The lowest BCUT2D eigenvalue weighted by molar-refractivity contribution is 0.102. The predicted molar refractivity (Wildman–Crippen MR) is 120 cm³/mol. The van der Waals surface area contributed by atoms with Gasteiger partial charge in [-0.05, 0) is 48.5 Å². The first-order valence-corrected chi connectivity index (χ1v) is 11.3. The van der Waals surface area contributed by atoms with Gasteiger partial charge in [-0.15, -0.1) is 0 Å². The van der Waals surface area contributed by atoms with Crippen LogP contribution in [-0.2, 0) is 14.8 Å². The van der Waals surface area contributed by atoms with E-state index in [4.69, 9.17) is 21.1 Å². The zero-order chi connectivity index (χ0) is 23.1. The summed E-state index contributed by atoms with van der Waals surface area (Å²) in [6.45, 7) is 0.583. The number of para-hydroxylation sites is 2. The lowest BCUT2D eigenvalue weighted by Gasteiger charge is -2.14. The monoisotopic (exact) mass is 478 g/mol. The Morgan fingerprint density at radius 3 is 2.34 bits per heavy atom. The highest BCUT2D eigenvalue weighted by Crippen LogP contribution is 2.33. The van der Waals surface area contributed by atoms with E-state index in [1.54, 1.807) is 18.2 Å². The molecule has 0 aliphatic rings. The molecule has 3 rings (SSSR count). The van der Waals surface area contributed by atoms with E-state index in [1.807, 2.05) is 0 Å². The van der Waals surface area contributed by atoms with Crippen molar-refractivity contribution in [1.29, 1.82) is 0 Å². The first-order valence-electron chi connectivity index (χ1n) is 9.41. The minimum Gasteiger partial charge on any atom is -0.487 e. The van der Waals surface area contributed by atoms with Gasteiger partial charge in [0.2, 0.25) is 0 Å². The second-order valence-electron chi connectivity index (χ2n) is 6.52. The molecule has 0 aliphatic heterocycles. The maximum absolute atomic E-state index is 13.8. The summed E-state index contributed by atoms with van der Waals surface area (Å²) in [7, 11) is -2.50. The minimum atomic E-state index is -4.03. The van der Waals surface area contributed by atoms with Gasteiger partial charge in [-0.2, -0.15) is 0 Å². The molecule has 0 saturated heterocycles. The van der Waals surface area contributed by atoms with Crippen molar-refractivity contribution in [2.24, 2.45) is 0 Å². The Morgan fingerprint density at radius 2 is 1.66 bits per heavy atom. The number of ether oxygens (including phenoxy) is 2. The molecule has 0 saturated carbocycles. The number of amides is 1. The molecule has 0 fully saturated rings. The standard InChI is InChI=1S/C22H20ClFN2O5S/c1-30-13-14-31-21-17(23)5-4-8-20(21)25-22(27)15-9-11-16(12-10-15)32(28,29)26-19-7-3-2-6-18(19)24/h2-12,26H,13-14H2,1H3,(H,25,27). The molecule has 0 heterocycles. The summed E-state index contributed by atoms with van der Waals surface area (Å²) >= 11 is 6.17. The van der Waals surface area contributed by atoms with Crippen molar-refractivity contribution in [2.45, 2.75) is 4.90 Å². The molecule has 32 heavy (non-hydrogen) atoms.